The molecule has 132 valence electrons. The van der Waals surface area contributed by atoms with E-state index in [9.17, 15) is 28.8 Å². The van der Waals surface area contributed by atoms with E-state index in [4.69, 9.17) is 9.47 Å². The van der Waals surface area contributed by atoms with Crippen LogP contribution in [0.15, 0.2) is 24.3 Å². The van der Waals surface area contributed by atoms with E-state index in [2.05, 4.69) is 0 Å². The van der Waals surface area contributed by atoms with Gasteiger partial charge in [0.2, 0.25) is 0 Å². The number of amides is 4. The second-order valence-electron chi connectivity index (χ2n) is 5.18. The number of hydrogen-bond donors (Lipinski definition) is 0. The molecule has 0 radical (unpaired) electrons. The van der Waals surface area contributed by atoms with Gasteiger partial charge in [-0.1, -0.05) is 0 Å². The smallest absolute Gasteiger partial charge is 0.326 e. The van der Waals surface area contributed by atoms with Crippen LogP contribution in [0.1, 0.15) is 6.92 Å². The molecule has 1 atom stereocenters. The Hall–Kier alpha value is -3.30. The fraction of sp³-hybridized carbons (Fsp3) is 0.333. The molecule has 25 heavy (non-hydrogen) atoms. The molecular weight excluding hydrogens is 336 g/mol. The Morgan fingerprint density at radius 3 is 1.68 bits per heavy atom. The molecule has 2 rings (SSSR count). The van der Waals surface area contributed by atoms with Crippen LogP contribution in [-0.4, -0.2) is 71.2 Å². The summed E-state index contributed by atoms with van der Waals surface area (Å²) >= 11 is 0. The van der Waals surface area contributed by atoms with Crippen LogP contribution >= 0.6 is 0 Å². The number of esters is 2. The zero-order valence-corrected chi connectivity index (χ0v) is 13.2. The third kappa shape index (κ3) is 4.59. The minimum Gasteiger partial charge on any atom is -0.460 e. The van der Waals surface area contributed by atoms with Crippen molar-refractivity contribution in [3.8, 4) is 0 Å². The van der Waals surface area contributed by atoms with Gasteiger partial charge in [-0.2, -0.15) is 0 Å². The summed E-state index contributed by atoms with van der Waals surface area (Å²) in [7, 11) is 0. The van der Waals surface area contributed by atoms with Crippen molar-refractivity contribution in [1.82, 2.24) is 9.80 Å². The number of carbonyl (C=O) groups excluding carboxylic acids is 6. The first-order valence-electron chi connectivity index (χ1n) is 7.20. The van der Waals surface area contributed by atoms with Gasteiger partial charge in [-0.25, -0.2) is 0 Å². The predicted octanol–water partition coefficient (Wildman–Crippen LogP) is -1.69. The van der Waals surface area contributed by atoms with Crippen molar-refractivity contribution < 1.29 is 38.2 Å². The second kappa shape index (κ2) is 7.51. The maximum Gasteiger partial charge on any atom is 0.326 e. The van der Waals surface area contributed by atoms with Gasteiger partial charge in [-0.15, -0.1) is 0 Å². The quantitative estimate of drug-likeness (QED) is 0.393. The van der Waals surface area contributed by atoms with E-state index in [1.807, 2.05) is 0 Å². The maximum atomic E-state index is 11.7. The molecule has 0 aromatic heterocycles. The SMILES string of the molecule is CC(COC(=O)CN1C(=O)C=CC1=O)OC(=O)CN1C(=O)C=CC1=O. The van der Waals surface area contributed by atoms with E-state index < -0.39 is 54.8 Å². The van der Waals surface area contributed by atoms with E-state index in [0.717, 1.165) is 24.3 Å². The van der Waals surface area contributed by atoms with Gasteiger partial charge >= 0.3 is 11.9 Å². The Morgan fingerprint density at radius 1 is 0.840 bits per heavy atom. The minimum atomic E-state index is -0.847. The van der Waals surface area contributed by atoms with Crippen LogP contribution in [0, 0.1) is 0 Å². The molecule has 0 saturated carbocycles. The standard InChI is InChI=1S/C15H14N2O8/c1-9(25-15(23)7-17-12(20)4-5-13(17)21)8-24-14(22)6-16-10(18)2-3-11(16)19/h2-5,9H,6-8H2,1H3. The average molecular weight is 350 g/mol. The Labute approximate surface area is 141 Å². The number of hydrogen-bond acceptors (Lipinski definition) is 8. The molecule has 10 nitrogen and oxygen atoms in total. The molecule has 2 aliphatic rings. The number of carbonyl (C=O) groups is 6. The monoisotopic (exact) mass is 350 g/mol. The van der Waals surface area contributed by atoms with Gasteiger partial charge in [0.25, 0.3) is 23.6 Å². The summed E-state index contributed by atoms with van der Waals surface area (Å²) in [6.07, 6.45) is 3.30. The van der Waals surface area contributed by atoms with Crippen LogP contribution in [0.5, 0.6) is 0 Å². The molecule has 2 heterocycles. The summed E-state index contributed by atoms with van der Waals surface area (Å²) in [5.41, 5.74) is 0. The van der Waals surface area contributed by atoms with Crippen molar-refractivity contribution in [2.24, 2.45) is 0 Å². The normalized spacial score (nSPS) is 17.5. The van der Waals surface area contributed by atoms with E-state index in [0.29, 0.717) is 9.80 Å². The Bertz CT molecular complexity index is 672. The fourth-order valence-electron chi connectivity index (χ4n) is 1.98. The van der Waals surface area contributed by atoms with Gasteiger partial charge in [-0.05, 0) is 6.92 Å². The highest BCUT2D eigenvalue weighted by Crippen LogP contribution is 2.06. The molecule has 0 spiro atoms. The molecule has 1 unspecified atom stereocenters. The summed E-state index contributed by atoms with van der Waals surface area (Å²) in [5.74, 6) is -4.15. The lowest BCUT2D eigenvalue weighted by Crippen LogP contribution is -2.38. The first kappa shape index (κ1) is 18.0. The zero-order valence-electron chi connectivity index (χ0n) is 13.2. The van der Waals surface area contributed by atoms with Gasteiger partial charge in [0.1, 0.15) is 25.8 Å². The van der Waals surface area contributed by atoms with Gasteiger partial charge in [-0.3, -0.25) is 38.6 Å². The second-order valence-corrected chi connectivity index (χ2v) is 5.18. The van der Waals surface area contributed by atoms with Gasteiger partial charge < -0.3 is 9.47 Å². The van der Waals surface area contributed by atoms with Crippen molar-refractivity contribution in [2.45, 2.75) is 13.0 Å². The number of rotatable bonds is 7. The van der Waals surface area contributed by atoms with E-state index in [1.54, 1.807) is 0 Å². The molecular formula is C15H14N2O8. The van der Waals surface area contributed by atoms with E-state index >= 15 is 0 Å². The Kier molecular flexibility index (Phi) is 5.42. The van der Waals surface area contributed by atoms with Gasteiger partial charge in [0.05, 0.1) is 0 Å². The first-order chi connectivity index (χ1) is 11.8. The average Bonchev–Trinajstić information content (AvgIpc) is 3.03. The van der Waals surface area contributed by atoms with E-state index in [-0.39, 0.29) is 6.61 Å². The van der Waals surface area contributed by atoms with Crippen molar-refractivity contribution in [1.29, 1.82) is 0 Å². The number of ether oxygens (including phenoxy) is 2. The molecule has 0 aromatic carbocycles. The highest BCUT2D eigenvalue weighted by molar-refractivity contribution is 6.14. The van der Waals surface area contributed by atoms with Gasteiger partial charge in [0, 0.05) is 24.3 Å². The first-order valence-corrected chi connectivity index (χ1v) is 7.20. The molecule has 4 amide bonds. The predicted molar refractivity (Wildman–Crippen MR) is 78.2 cm³/mol. The van der Waals surface area contributed by atoms with Crippen LogP contribution < -0.4 is 0 Å². The lowest BCUT2D eigenvalue weighted by atomic mass is 10.4. The molecule has 0 saturated heterocycles. The molecule has 0 fully saturated rings. The van der Waals surface area contributed by atoms with Crippen molar-refractivity contribution in [3.63, 3.8) is 0 Å². The maximum absolute atomic E-state index is 11.7. The zero-order chi connectivity index (χ0) is 18.6. The summed E-state index contributed by atoms with van der Waals surface area (Å²) in [5, 5.41) is 0. The van der Waals surface area contributed by atoms with Crippen molar-refractivity contribution in [2.75, 3.05) is 19.7 Å². The van der Waals surface area contributed by atoms with Crippen LogP contribution in [0.25, 0.3) is 0 Å². The highest BCUT2D eigenvalue weighted by Gasteiger charge is 2.28. The molecule has 0 bridgehead atoms. The summed E-state index contributed by atoms with van der Waals surface area (Å²) in [4.78, 5) is 69.9. The molecule has 0 aliphatic carbocycles. The highest BCUT2D eigenvalue weighted by atomic mass is 16.6. The molecule has 10 heteroatoms. The lowest BCUT2D eigenvalue weighted by molar-refractivity contribution is -0.162. The third-order valence-electron chi connectivity index (χ3n) is 3.19. The topological polar surface area (TPSA) is 127 Å². The largest absolute Gasteiger partial charge is 0.460 e. The molecule has 2 aliphatic heterocycles. The summed E-state index contributed by atoms with van der Waals surface area (Å²) in [6.45, 7) is 0.0261. The third-order valence-corrected chi connectivity index (χ3v) is 3.19. The van der Waals surface area contributed by atoms with Crippen LogP contribution in [0.4, 0.5) is 0 Å². The van der Waals surface area contributed by atoms with Gasteiger partial charge in [0.15, 0.2) is 0 Å². The Balaban J connectivity index is 1.70. The summed E-state index contributed by atoms with van der Waals surface area (Å²) in [6, 6.07) is 0. The van der Waals surface area contributed by atoms with Crippen LogP contribution in [0.3, 0.4) is 0 Å². The Morgan fingerprint density at radius 2 is 1.24 bits per heavy atom. The minimum absolute atomic E-state index is 0.311. The van der Waals surface area contributed by atoms with E-state index in [1.165, 1.54) is 6.92 Å². The van der Waals surface area contributed by atoms with Crippen molar-refractivity contribution in [3.05, 3.63) is 24.3 Å². The number of imide groups is 2. The van der Waals surface area contributed by atoms with Crippen LogP contribution in [-0.2, 0) is 38.2 Å². The summed E-state index contributed by atoms with van der Waals surface area (Å²) < 4.78 is 9.75. The fourth-order valence-corrected chi connectivity index (χ4v) is 1.98. The molecule has 0 N–H and O–H groups in total. The lowest BCUT2D eigenvalue weighted by Gasteiger charge is -2.17. The van der Waals surface area contributed by atoms with Crippen molar-refractivity contribution >= 4 is 35.6 Å². The number of nitrogens with zero attached hydrogens (tertiary/aromatic N) is 2. The van der Waals surface area contributed by atoms with Crippen LogP contribution in [0.2, 0.25) is 0 Å². The molecule has 0 aromatic rings.